The maximum atomic E-state index is 13.1. The number of rotatable bonds is 2. The second-order valence-electron chi connectivity index (χ2n) is 8.12. The van der Waals surface area contributed by atoms with Crippen molar-refractivity contribution < 1.29 is 18.0 Å². The van der Waals surface area contributed by atoms with Crippen LogP contribution in [0, 0.1) is 5.41 Å². The van der Waals surface area contributed by atoms with E-state index in [9.17, 15) is 18.0 Å². The lowest BCUT2D eigenvalue weighted by Gasteiger charge is -2.29. The van der Waals surface area contributed by atoms with Crippen molar-refractivity contribution in [2.45, 2.75) is 26.8 Å². The highest BCUT2D eigenvalue weighted by molar-refractivity contribution is 7.94. The maximum absolute atomic E-state index is 13.1. The maximum Gasteiger partial charge on any atom is 0.254 e. The molecule has 2 amide bonds. The first kappa shape index (κ1) is 19.9. The summed E-state index contributed by atoms with van der Waals surface area (Å²) < 4.78 is 26.0. The minimum Gasteiger partial charge on any atom is -0.334 e. The molecule has 0 saturated carbocycles. The molecule has 1 saturated heterocycles. The first-order valence-electron chi connectivity index (χ1n) is 9.33. The van der Waals surface area contributed by atoms with Crippen molar-refractivity contribution in [1.29, 1.82) is 0 Å². The number of sulfonamides is 1. The van der Waals surface area contributed by atoms with Crippen molar-refractivity contribution in [3.05, 3.63) is 64.2 Å². The molecule has 0 bridgehead atoms. The van der Waals surface area contributed by atoms with E-state index in [2.05, 4.69) is 6.07 Å². The summed E-state index contributed by atoms with van der Waals surface area (Å²) in [5, 5.41) is 0.111. The van der Waals surface area contributed by atoms with Gasteiger partial charge in [0.05, 0.1) is 21.9 Å². The summed E-state index contributed by atoms with van der Waals surface area (Å²) in [6.45, 7) is 4.23. The fourth-order valence-electron chi connectivity index (χ4n) is 3.90. The molecule has 2 aromatic carbocycles. The molecule has 2 aliphatic rings. The number of benzene rings is 2. The van der Waals surface area contributed by atoms with E-state index >= 15 is 0 Å². The topological polar surface area (TPSA) is 74.8 Å². The van der Waals surface area contributed by atoms with Crippen LogP contribution in [0.3, 0.4) is 0 Å². The largest absolute Gasteiger partial charge is 0.334 e. The van der Waals surface area contributed by atoms with E-state index < -0.39 is 21.3 Å². The third-order valence-electron chi connectivity index (χ3n) is 5.41. The predicted octanol–water partition coefficient (Wildman–Crippen LogP) is 3.24. The van der Waals surface area contributed by atoms with E-state index in [0.29, 0.717) is 18.7 Å². The van der Waals surface area contributed by atoms with Crippen molar-refractivity contribution in [2.24, 2.45) is 5.41 Å². The smallest absolute Gasteiger partial charge is 0.254 e. The van der Waals surface area contributed by atoms with Gasteiger partial charge in [0.1, 0.15) is 0 Å². The van der Waals surface area contributed by atoms with Crippen LogP contribution in [0.1, 0.15) is 35.3 Å². The quantitative estimate of drug-likeness (QED) is 0.730. The fourth-order valence-corrected chi connectivity index (χ4v) is 6.26. The molecule has 0 unspecified atom stereocenters. The van der Waals surface area contributed by atoms with E-state index in [-0.39, 0.29) is 22.4 Å². The Morgan fingerprint density at radius 2 is 1.79 bits per heavy atom. The Bertz CT molecular complexity index is 1130. The van der Waals surface area contributed by atoms with Crippen LogP contribution in [0.2, 0.25) is 5.02 Å². The average Bonchev–Trinajstić information content (AvgIpc) is 2.84. The highest BCUT2D eigenvalue weighted by Crippen LogP contribution is 2.39. The number of carbonyl (C=O) groups is 2. The summed E-state index contributed by atoms with van der Waals surface area (Å²) in [5.74, 6) is -1.06. The summed E-state index contributed by atoms with van der Waals surface area (Å²) in [4.78, 5) is 27.5. The van der Waals surface area contributed by atoms with Gasteiger partial charge in [0.2, 0.25) is 15.9 Å². The van der Waals surface area contributed by atoms with Gasteiger partial charge >= 0.3 is 0 Å². The van der Waals surface area contributed by atoms with Crippen LogP contribution in [-0.4, -0.2) is 37.4 Å². The van der Waals surface area contributed by atoms with Crippen LogP contribution in [0.4, 0.5) is 5.69 Å². The highest BCUT2D eigenvalue weighted by Gasteiger charge is 2.50. The molecule has 152 valence electrons. The van der Waals surface area contributed by atoms with Gasteiger partial charge in [0, 0.05) is 18.7 Å². The molecular weight excluding hydrogens is 412 g/mol. The summed E-state index contributed by atoms with van der Waals surface area (Å²) in [6, 6.07) is 12.4. The number of hydrogen-bond acceptors (Lipinski definition) is 4. The Morgan fingerprint density at radius 1 is 1.10 bits per heavy atom. The molecule has 0 spiro atoms. The normalized spacial score (nSPS) is 19.9. The van der Waals surface area contributed by atoms with Crippen LogP contribution >= 0.6 is 11.6 Å². The van der Waals surface area contributed by atoms with Gasteiger partial charge in [-0.3, -0.25) is 9.59 Å². The van der Waals surface area contributed by atoms with E-state index in [1.54, 1.807) is 24.8 Å². The molecule has 2 aliphatic heterocycles. The van der Waals surface area contributed by atoms with Crippen molar-refractivity contribution in [1.82, 2.24) is 4.90 Å². The Kier molecular flexibility index (Phi) is 4.70. The van der Waals surface area contributed by atoms with Gasteiger partial charge in [-0.1, -0.05) is 35.9 Å². The summed E-state index contributed by atoms with van der Waals surface area (Å²) in [5.41, 5.74) is 1.62. The molecule has 0 aliphatic carbocycles. The third-order valence-corrected chi connectivity index (χ3v) is 7.74. The van der Waals surface area contributed by atoms with Gasteiger partial charge in [0.25, 0.3) is 5.91 Å². The first-order chi connectivity index (χ1) is 13.6. The molecule has 0 atom stereocenters. The van der Waals surface area contributed by atoms with Gasteiger partial charge in [0.15, 0.2) is 0 Å². The predicted molar refractivity (Wildman–Crippen MR) is 111 cm³/mol. The van der Waals surface area contributed by atoms with Crippen LogP contribution in [0.25, 0.3) is 0 Å². The Labute approximate surface area is 175 Å². The first-order valence-corrected chi connectivity index (χ1v) is 11.3. The average molecular weight is 433 g/mol. The number of anilines is 1. The summed E-state index contributed by atoms with van der Waals surface area (Å²) >= 11 is 6.24. The Hall–Kier alpha value is -2.38. The number of nitrogens with zero attached hydrogens (tertiary/aromatic N) is 2. The van der Waals surface area contributed by atoms with Gasteiger partial charge in [-0.05, 0) is 49.6 Å². The van der Waals surface area contributed by atoms with Gasteiger partial charge in [-0.15, -0.1) is 0 Å². The summed E-state index contributed by atoms with van der Waals surface area (Å²) in [7, 11) is -3.85. The SMILES string of the molecule is CC1(C)CS(=O)(=O)N(c2cc(C(=O)N3CCc4ccccc4C3)ccc2Cl)C1=O. The molecular formula is C21H21ClN2O4S. The molecule has 0 aromatic heterocycles. The monoisotopic (exact) mass is 432 g/mol. The minimum atomic E-state index is -3.85. The standard InChI is InChI=1S/C21H21ClN2O4S/c1-21(2)13-29(27,28)24(20(21)26)18-11-15(7-8-17(18)22)19(25)23-10-9-14-5-3-4-6-16(14)12-23/h3-8,11H,9-10,12-13H2,1-2H3. The second-order valence-corrected chi connectivity index (χ2v) is 10.3. The fraction of sp³-hybridized carbons (Fsp3) is 0.333. The molecule has 4 rings (SSSR count). The van der Waals surface area contributed by atoms with E-state index in [1.807, 2.05) is 18.2 Å². The molecule has 29 heavy (non-hydrogen) atoms. The number of halogens is 1. The van der Waals surface area contributed by atoms with E-state index in [4.69, 9.17) is 11.6 Å². The van der Waals surface area contributed by atoms with Crippen LogP contribution in [0.5, 0.6) is 0 Å². The zero-order valence-corrected chi connectivity index (χ0v) is 17.8. The number of hydrogen-bond donors (Lipinski definition) is 0. The number of carbonyl (C=O) groups excluding carboxylic acids is 2. The lowest BCUT2D eigenvalue weighted by atomic mass is 9.95. The van der Waals surface area contributed by atoms with Crippen molar-refractivity contribution >= 4 is 39.1 Å². The number of fused-ring (bicyclic) bond motifs is 1. The van der Waals surface area contributed by atoms with Crippen molar-refractivity contribution in [3.63, 3.8) is 0 Å². The lowest BCUT2D eigenvalue weighted by Crippen LogP contribution is -2.36. The van der Waals surface area contributed by atoms with Crippen molar-refractivity contribution in [2.75, 3.05) is 16.6 Å². The minimum absolute atomic E-state index is 0.0329. The van der Waals surface area contributed by atoms with E-state index in [0.717, 1.165) is 16.3 Å². The second kappa shape index (κ2) is 6.85. The van der Waals surface area contributed by atoms with Gasteiger partial charge in [-0.25, -0.2) is 12.7 Å². The molecule has 6 nitrogen and oxygen atoms in total. The van der Waals surface area contributed by atoms with Crippen LogP contribution in [0.15, 0.2) is 42.5 Å². The molecule has 1 fully saturated rings. The van der Waals surface area contributed by atoms with Gasteiger partial charge < -0.3 is 4.90 Å². The van der Waals surface area contributed by atoms with E-state index in [1.165, 1.54) is 17.7 Å². The molecule has 0 radical (unpaired) electrons. The molecule has 2 aromatic rings. The number of amides is 2. The van der Waals surface area contributed by atoms with Crippen LogP contribution in [-0.2, 0) is 27.8 Å². The lowest BCUT2D eigenvalue weighted by molar-refractivity contribution is -0.123. The van der Waals surface area contributed by atoms with Crippen molar-refractivity contribution in [3.8, 4) is 0 Å². The zero-order valence-electron chi connectivity index (χ0n) is 16.2. The zero-order chi connectivity index (χ0) is 21.0. The summed E-state index contributed by atoms with van der Waals surface area (Å²) in [6.07, 6.45) is 0.759. The third kappa shape index (κ3) is 3.42. The molecule has 2 heterocycles. The Balaban J connectivity index is 1.68. The highest BCUT2D eigenvalue weighted by atomic mass is 35.5. The van der Waals surface area contributed by atoms with Crippen LogP contribution < -0.4 is 4.31 Å². The Morgan fingerprint density at radius 3 is 2.45 bits per heavy atom. The van der Waals surface area contributed by atoms with Gasteiger partial charge in [-0.2, -0.15) is 0 Å². The molecule has 8 heteroatoms. The molecule has 0 N–H and O–H groups in total.